The normalized spacial score (nSPS) is 16.8. The van der Waals surface area contributed by atoms with Crippen LogP contribution in [0.1, 0.15) is 63.4 Å². The van der Waals surface area contributed by atoms with E-state index in [4.69, 9.17) is 44.3 Å². The highest BCUT2D eigenvalue weighted by atomic mass is 127. The number of anilines is 3. The Hall–Kier alpha value is -3.27. The van der Waals surface area contributed by atoms with Crippen LogP contribution < -0.4 is 15.5 Å². The highest BCUT2D eigenvalue weighted by Crippen LogP contribution is 2.65. The largest absolute Gasteiger partial charge is 0.443 e. The predicted octanol–water partition coefficient (Wildman–Crippen LogP) is 9.82. The Morgan fingerprint density at radius 2 is 1.41 bits per heavy atom. The van der Waals surface area contributed by atoms with Crippen LogP contribution in [0.25, 0.3) is 0 Å². The third-order valence-corrected chi connectivity index (χ3v) is 8.90. The molecular weight excluding hydrogens is 825 g/mol. The molecule has 2 atom stereocenters. The smallest absolute Gasteiger partial charge is 0.424 e. The zero-order valence-corrected chi connectivity index (χ0v) is 31.2. The predicted molar refractivity (Wildman–Crippen MR) is 189 cm³/mol. The van der Waals surface area contributed by atoms with Gasteiger partial charge < -0.3 is 20.1 Å². The Morgan fingerprint density at radius 1 is 0.837 bits per heavy atom. The second kappa shape index (κ2) is 14.2. The van der Waals surface area contributed by atoms with E-state index in [9.17, 15) is 23.6 Å². The zero-order chi connectivity index (χ0) is 36.8. The molecule has 1 saturated carbocycles. The molecule has 0 aliphatic heterocycles. The van der Waals surface area contributed by atoms with Crippen LogP contribution >= 0.6 is 57.4 Å². The molecule has 16 heteroatoms. The molecule has 0 spiro atoms. The Balaban J connectivity index is 1.60. The molecule has 0 saturated heterocycles. The van der Waals surface area contributed by atoms with Crippen LogP contribution in [-0.2, 0) is 14.3 Å². The van der Waals surface area contributed by atoms with E-state index in [1.54, 1.807) is 6.07 Å². The SMILES string of the molecule is CC(C)(C)OC(=O)N(C(=O)OC(C)(C)C)c1c(F)ccc(NC(=O)c2cc(NC(=O)C3C(c4ccc(F)c(I)c4)C3(Cl)Cl)ccc2Cl)c1F. The summed E-state index contributed by atoms with van der Waals surface area (Å²) in [5, 5.41) is 4.77. The average molecular weight is 855 g/mol. The quantitative estimate of drug-likeness (QED) is 0.189. The highest BCUT2D eigenvalue weighted by molar-refractivity contribution is 14.1. The lowest BCUT2D eigenvalue weighted by Gasteiger charge is -2.29. The van der Waals surface area contributed by atoms with Crippen LogP contribution in [0.2, 0.25) is 5.02 Å². The van der Waals surface area contributed by atoms with Crippen molar-refractivity contribution in [3.05, 3.63) is 85.7 Å². The first-order valence-corrected chi connectivity index (χ1v) is 16.7. The maximum absolute atomic E-state index is 15.9. The van der Waals surface area contributed by atoms with Crippen molar-refractivity contribution in [1.29, 1.82) is 0 Å². The van der Waals surface area contributed by atoms with Crippen molar-refractivity contribution in [2.24, 2.45) is 5.92 Å². The van der Waals surface area contributed by atoms with Gasteiger partial charge in [-0.25, -0.2) is 22.8 Å². The van der Waals surface area contributed by atoms with Crippen molar-refractivity contribution in [3.8, 4) is 0 Å². The first kappa shape index (κ1) is 38.5. The molecule has 4 amide bonds. The van der Waals surface area contributed by atoms with Crippen LogP contribution in [0, 0.1) is 26.9 Å². The lowest BCUT2D eigenvalue weighted by molar-refractivity contribution is -0.117. The number of carbonyl (C=O) groups is 4. The molecule has 1 fully saturated rings. The van der Waals surface area contributed by atoms with Gasteiger partial charge in [-0.05, 0) is 112 Å². The Kier molecular flexibility index (Phi) is 11.1. The van der Waals surface area contributed by atoms with Gasteiger partial charge in [-0.2, -0.15) is 4.90 Å². The third kappa shape index (κ3) is 8.91. The number of carbonyl (C=O) groups excluding carboxylic acids is 4. The molecule has 9 nitrogen and oxygen atoms in total. The molecule has 0 bridgehead atoms. The van der Waals surface area contributed by atoms with E-state index in [0.717, 1.165) is 12.1 Å². The van der Waals surface area contributed by atoms with E-state index in [0.29, 0.717) is 9.13 Å². The van der Waals surface area contributed by atoms with Gasteiger partial charge in [-0.15, -0.1) is 23.2 Å². The Morgan fingerprint density at radius 3 is 1.96 bits per heavy atom. The van der Waals surface area contributed by atoms with Gasteiger partial charge >= 0.3 is 12.2 Å². The number of ether oxygens (including phenoxy) is 2. The number of alkyl halides is 2. The first-order valence-electron chi connectivity index (χ1n) is 14.5. The van der Waals surface area contributed by atoms with Gasteiger partial charge in [0.05, 0.1) is 22.2 Å². The van der Waals surface area contributed by atoms with Crippen LogP contribution in [0.3, 0.4) is 0 Å². The summed E-state index contributed by atoms with van der Waals surface area (Å²) in [6.45, 7) is 8.91. The Labute approximate surface area is 308 Å². The molecule has 49 heavy (non-hydrogen) atoms. The van der Waals surface area contributed by atoms with Crippen LogP contribution in [0.5, 0.6) is 0 Å². The summed E-state index contributed by atoms with van der Waals surface area (Å²) in [7, 11) is 0. The van der Waals surface area contributed by atoms with E-state index in [-0.39, 0.29) is 21.2 Å². The lowest BCUT2D eigenvalue weighted by Crippen LogP contribution is -2.44. The molecule has 1 aliphatic carbocycles. The minimum atomic E-state index is -1.50. The molecule has 0 heterocycles. The number of halogens is 7. The van der Waals surface area contributed by atoms with Crippen LogP contribution in [-0.4, -0.2) is 39.5 Å². The number of benzene rings is 3. The molecule has 2 unspecified atom stereocenters. The van der Waals surface area contributed by atoms with Crippen molar-refractivity contribution in [3.63, 3.8) is 0 Å². The van der Waals surface area contributed by atoms with E-state index in [1.165, 1.54) is 71.9 Å². The highest BCUT2D eigenvalue weighted by Gasteiger charge is 2.67. The van der Waals surface area contributed by atoms with Gasteiger partial charge in [0, 0.05) is 15.2 Å². The number of nitrogens with one attached hydrogen (secondary N) is 2. The maximum Gasteiger partial charge on any atom is 0.424 e. The summed E-state index contributed by atoms with van der Waals surface area (Å²) < 4.78 is 54.1. The third-order valence-electron chi connectivity index (χ3n) is 6.81. The number of rotatable bonds is 6. The maximum atomic E-state index is 15.9. The number of nitrogens with zero attached hydrogens (tertiary/aromatic N) is 1. The minimum absolute atomic E-state index is 0.0612. The molecule has 262 valence electrons. The molecule has 3 aromatic rings. The molecule has 4 rings (SSSR count). The minimum Gasteiger partial charge on any atom is -0.443 e. The fourth-order valence-electron chi connectivity index (χ4n) is 4.67. The summed E-state index contributed by atoms with van der Waals surface area (Å²) in [5.74, 6) is -6.42. The summed E-state index contributed by atoms with van der Waals surface area (Å²) >= 11 is 20.9. The summed E-state index contributed by atoms with van der Waals surface area (Å²) in [6, 6.07) is 9.78. The lowest BCUT2D eigenvalue weighted by atomic mass is 10.1. The van der Waals surface area contributed by atoms with Crippen LogP contribution in [0.15, 0.2) is 48.5 Å². The zero-order valence-electron chi connectivity index (χ0n) is 26.8. The summed E-state index contributed by atoms with van der Waals surface area (Å²) in [6.07, 6.45) is -2.86. The summed E-state index contributed by atoms with van der Waals surface area (Å²) in [5.41, 5.74) is -3.69. The molecule has 3 aromatic carbocycles. The van der Waals surface area contributed by atoms with Crippen molar-refractivity contribution < 1.29 is 41.8 Å². The fraction of sp³-hybridized carbons (Fsp3) is 0.333. The molecule has 0 aromatic heterocycles. The van der Waals surface area contributed by atoms with Gasteiger partial charge in [-0.3, -0.25) is 9.59 Å². The van der Waals surface area contributed by atoms with E-state index in [2.05, 4.69) is 10.6 Å². The monoisotopic (exact) mass is 853 g/mol. The Bertz CT molecular complexity index is 1820. The fourth-order valence-corrected chi connectivity index (χ4v) is 6.25. The van der Waals surface area contributed by atoms with Crippen LogP contribution in [0.4, 0.5) is 39.8 Å². The van der Waals surface area contributed by atoms with E-state index < -0.39 is 80.2 Å². The van der Waals surface area contributed by atoms with E-state index in [1.807, 2.05) is 22.6 Å². The van der Waals surface area contributed by atoms with Crippen molar-refractivity contribution in [2.75, 3.05) is 15.5 Å². The topological polar surface area (TPSA) is 114 Å². The van der Waals surface area contributed by atoms with Crippen molar-refractivity contribution in [1.82, 2.24) is 0 Å². The van der Waals surface area contributed by atoms with Gasteiger partial charge in [0.15, 0.2) is 11.6 Å². The number of imide groups is 1. The number of hydrogen-bond acceptors (Lipinski definition) is 6. The van der Waals surface area contributed by atoms with Gasteiger partial charge in [0.2, 0.25) is 5.91 Å². The van der Waals surface area contributed by atoms with Crippen molar-refractivity contribution >= 4 is 98.5 Å². The second-order valence-electron chi connectivity index (χ2n) is 13.0. The first-order chi connectivity index (χ1) is 22.5. The number of hydrogen-bond donors (Lipinski definition) is 2. The standard InChI is InChI=1S/C33H30Cl3F3IN3O6/c1-31(2,3)48-29(46)43(30(47)49-32(4,5)6)26-20(38)11-12-22(25(26)39)42-27(44)17-14-16(8-9-18(17)34)41-28(45)24-23(33(24,35)36)15-7-10-19(37)21(40)13-15/h7-14,23-24H,1-6H3,(H,41,45)(H,42,44). The number of amides is 4. The van der Waals surface area contributed by atoms with Gasteiger partial charge in [0.25, 0.3) is 5.91 Å². The molecule has 0 radical (unpaired) electrons. The van der Waals surface area contributed by atoms with E-state index >= 15 is 8.78 Å². The second-order valence-corrected chi connectivity index (χ2v) is 16.0. The molecule has 1 aliphatic rings. The van der Waals surface area contributed by atoms with Gasteiger partial charge in [0.1, 0.15) is 27.0 Å². The van der Waals surface area contributed by atoms with Gasteiger partial charge in [-0.1, -0.05) is 17.7 Å². The molecule has 2 N–H and O–H groups in total. The molecular formula is C33H30Cl3F3IN3O6. The van der Waals surface area contributed by atoms with Crippen molar-refractivity contribution in [2.45, 2.75) is 63.0 Å². The summed E-state index contributed by atoms with van der Waals surface area (Å²) in [4.78, 5) is 52.7. The average Bonchev–Trinajstić information content (AvgIpc) is 3.54.